The molecule has 0 aromatic carbocycles. The summed E-state index contributed by atoms with van der Waals surface area (Å²) in [5.41, 5.74) is 0. The average Bonchev–Trinajstić information content (AvgIpc) is 2.96. The van der Waals surface area contributed by atoms with Crippen molar-refractivity contribution >= 4 is 15.9 Å². The van der Waals surface area contributed by atoms with Crippen molar-refractivity contribution in [2.24, 2.45) is 17.8 Å². The van der Waals surface area contributed by atoms with Gasteiger partial charge in [-0.3, -0.25) is 0 Å². The van der Waals surface area contributed by atoms with Crippen LogP contribution in [0.2, 0.25) is 0 Å². The summed E-state index contributed by atoms with van der Waals surface area (Å²) >= 11 is 3.38. The van der Waals surface area contributed by atoms with Crippen LogP contribution in [0.15, 0.2) is 21.2 Å². The van der Waals surface area contributed by atoms with Gasteiger partial charge in [-0.15, -0.1) is 0 Å². The van der Waals surface area contributed by atoms with E-state index >= 15 is 0 Å². The lowest BCUT2D eigenvalue weighted by Gasteiger charge is -2.28. The van der Waals surface area contributed by atoms with Gasteiger partial charge in [-0.1, -0.05) is 6.42 Å². The van der Waals surface area contributed by atoms with Crippen LogP contribution in [0.4, 0.5) is 0 Å². The molecule has 2 aliphatic rings. The van der Waals surface area contributed by atoms with Crippen LogP contribution in [0, 0.1) is 17.8 Å². The topological polar surface area (TPSA) is 25.2 Å². The van der Waals surface area contributed by atoms with Crippen molar-refractivity contribution < 1.29 is 4.42 Å². The molecule has 1 aromatic rings. The van der Waals surface area contributed by atoms with Crippen LogP contribution in [0.3, 0.4) is 0 Å². The van der Waals surface area contributed by atoms with E-state index in [0.717, 1.165) is 28.2 Å². The minimum Gasteiger partial charge on any atom is -0.453 e. The van der Waals surface area contributed by atoms with E-state index < -0.39 is 0 Å². The molecule has 0 saturated heterocycles. The number of nitrogens with one attached hydrogen (secondary N) is 1. The normalized spacial score (nSPS) is 34.5. The van der Waals surface area contributed by atoms with E-state index in [1.54, 1.807) is 0 Å². The lowest BCUT2D eigenvalue weighted by atomic mass is 9.82. The molecule has 0 aliphatic heterocycles. The van der Waals surface area contributed by atoms with Crippen LogP contribution < -0.4 is 5.32 Å². The second-order valence-electron chi connectivity index (χ2n) is 5.25. The molecule has 4 unspecified atom stereocenters. The first kappa shape index (κ1) is 10.8. The van der Waals surface area contributed by atoms with Crippen LogP contribution in [0.25, 0.3) is 0 Å². The molecule has 1 aromatic heterocycles. The van der Waals surface area contributed by atoms with Crippen LogP contribution in [-0.4, -0.2) is 7.05 Å². The molecule has 88 valence electrons. The first-order valence-corrected chi connectivity index (χ1v) is 6.99. The zero-order valence-electron chi connectivity index (χ0n) is 9.58. The molecule has 2 nitrogen and oxygen atoms in total. The van der Waals surface area contributed by atoms with Gasteiger partial charge in [0.15, 0.2) is 4.67 Å². The molecule has 0 spiro atoms. The van der Waals surface area contributed by atoms with Gasteiger partial charge in [0.1, 0.15) is 5.76 Å². The number of fused-ring (bicyclic) bond motifs is 2. The highest BCUT2D eigenvalue weighted by molar-refractivity contribution is 9.10. The van der Waals surface area contributed by atoms with Gasteiger partial charge in [0.25, 0.3) is 0 Å². The molecule has 4 atom stereocenters. The van der Waals surface area contributed by atoms with Gasteiger partial charge in [0.05, 0.1) is 6.04 Å². The van der Waals surface area contributed by atoms with Gasteiger partial charge >= 0.3 is 0 Å². The highest BCUT2D eigenvalue weighted by Gasteiger charge is 2.43. The van der Waals surface area contributed by atoms with Crippen molar-refractivity contribution in [2.45, 2.75) is 31.7 Å². The highest BCUT2D eigenvalue weighted by atomic mass is 79.9. The monoisotopic (exact) mass is 283 g/mol. The summed E-state index contributed by atoms with van der Waals surface area (Å²) in [6, 6.07) is 4.49. The second kappa shape index (κ2) is 4.19. The second-order valence-corrected chi connectivity index (χ2v) is 6.03. The molecule has 3 rings (SSSR count). The van der Waals surface area contributed by atoms with E-state index in [9.17, 15) is 0 Å². The van der Waals surface area contributed by atoms with Crippen molar-refractivity contribution in [2.75, 3.05) is 7.05 Å². The first-order valence-electron chi connectivity index (χ1n) is 6.20. The van der Waals surface area contributed by atoms with Gasteiger partial charge in [-0.05, 0) is 72.1 Å². The standard InChI is InChI=1S/C13H18BrNO/c1-15-13(11-4-5-12(14)16-11)10-7-8-2-3-9(10)6-8/h4-5,8-10,13,15H,2-3,6-7H2,1H3. The van der Waals surface area contributed by atoms with E-state index in [-0.39, 0.29) is 0 Å². The summed E-state index contributed by atoms with van der Waals surface area (Å²) in [6.07, 6.45) is 5.72. The Balaban J connectivity index is 1.81. The lowest BCUT2D eigenvalue weighted by molar-refractivity contribution is 0.233. The summed E-state index contributed by atoms with van der Waals surface area (Å²) in [5.74, 6) is 3.78. The summed E-state index contributed by atoms with van der Waals surface area (Å²) in [6.45, 7) is 0. The Morgan fingerprint density at radius 3 is 2.75 bits per heavy atom. The Kier molecular flexibility index (Phi) is 2.84. The molecule has 16 heavy (non-hydrogen) atoms. The SMILES string of the molecule is CNC(c1ccc(Br)o1)C1CC2CCC1C2. The molecule has 2 bridgehead atoms. The van der Waals surface area contributed by atoms with Crippen LogP contribution in [0.1, 0.15) is 37.5 Å². The maximum atomic E-state index is 5.71. The first-order chi connectivity index (χ1) is 7.78. The molecule has 2 aliphatic carbocycles. The molecular formula is C13H18BrNO. The Hall–Kier alpha value is -0.280. The molecule has 0 amide bonds. The minimum atomic E-state index is 0.404. The van der Waals surface area contributed by atoms with E-state index in [4.69, 9.17) is 4.42 Å². The predicted octanol–water partition coefficient (Wildman–Crippen LogP) is 3.74. The molecule has 1 N–H and O–H groups in total. The van der Waals surface area contributed by atoms with Gasteiger partial charge < -0.3 is 9.73 Å². The molecule has 0 radical (unpaired) electrons. The summed E-state index contributed by atoms with van der Waals surface area (Å²) < 4.78 is 6.55. The van der Waals surface area contributed by atoms with Gasteiger partial charge in [0.2, 0.25) is 0 Å². The van der Waals surface area contributed by atoms with Crippen molar-refractivity contribution in [3.8, 4) is 0 Å². The van der Waals surface area contributed by atoms with Crippen molar-refractivity contribution in [3.05, 3.63) is 22.6 Å². The highest BCUT2D eigenvalue weighted by Crippen LogP contribution is 2.52. The van der Waals surface area contributed by atoms with Crippen molar-refractivity contribution in [1.82, 2.24) is 5.32 Å². The van der Waals surface area contributed by atoms with Crippen molar-refractivity contribution in [1.29, 1.82) is 0 Å². The molecule has 3 heteroatoms. The number of furan rings is 1. The maximum Gasteiger partial charge on any atom is 0.169 e. The predicted molar refractivity (Wildman–Crippen MR) is 67.1 cm³/mol. The third kappa shape index (κ3) is 1.74. The number of rotatable bonds is 3. The van der Waals surface area contributed by atoms with Crippen LogP contribution in [0.5, 0.6) is 0 Å². The van der Waals surface area contributed by atoms with Gasteiger partial charge in [0, 0.05) is 0 Å². The largest absolute Gasteiger partial charge is 0.453 e. The number of halogens is 1. The van der Waals surface area contributed by atoms with E-state index in [0.29, 0.717) is 6.04 Å². The molecule has 2 fully saturated rings. The third-order valence-electron chi connectivity index (χ3n) is 4.43. The quantitative estimate of drug-likeness (QED) is 0.914. The smallest absolute Gasteiger partial charge is 0.169 e. The summed E-state index contributed by atoms with van der Waals surface area (Å²) in [5, 5.41) is 3.44. The lowest BCUT2D eigenvalue weighted by Crippen LogP contribution is -2.28. The fourth-order valence-corrected chi connectivity index (χ4v) is 4.08. The maximum absolute atomic E-state index is 5.71. The van der Waals surface area contributed by atoms with Crippen LogP contribution >= 0.6 is 15.9 Å². The van der Waals surface area contributed by atoms with E-state index in [2.05, 4.69) is 27.3 Å². The number of hydrogen-bond acceptors (Lipinski definition) is 2. The third-order valence-corrected chi connectivity index (χ3v) is 4.86. The Morgan fingerprint density at radius 2 is 2.25 bits per heavy atom. The number of hydrogen-bond donors (Lipinski definition) is 1. The summed E-state index contributed by atoms with van der Waals surface area (Å²) in [4.78, 5) is 0. The zero-order chi connectivity index (χ0) is 11.1. The molecular weight excluding hydrogens is 266 g/mol. The molecule has 2 saturated carbocycles. The van der Waals surface area contributed by atoms with Gasteiger partial charge in [-0.2, -0.15) is 0 Å². The Bertz CT molecular complexity index is 376. The zero-order valence-corrected chi connectivity index (χ0v) is 11.2. The van der Waals surface area contributed by atoms with Crippen LogP contribution in [-0.2, 0) is 0 Å². The van der Waals surface area contributed by atoms with Crippen molar-refractivity contribution in [3.63, 3.8) is 0 Å². The van der Waals surface area contributed by atoms with Gasteiger partial charge in [-0.25, -0.2) is 0 Å². The summed E-state index contributed by atoms with van der Waals surface area (Å²) in [7, 11) is 2.05. The fourth-order valence-electron chi connectivity index (χ4n) is 3.76. The molecule has 1 heterocycles. The van der Waals surface area contributed by atoms with E-state index in [1.165, 1.54) is 25.7 Å². The Morgan fingerprint density at radius 1 is 1.38 bits per heavy atom. The Labute approximate surface area is 105 Å². The average molecular weight is 284 g/mol. The minimum absolute atomic E-state index is 0.404. The van der Waals surface area contributed by atoms with E-state index in [1.807, 2.05) is 13.1 Å². The fraction of sp³-hybridized carbons (Fsp3) is 0.692.